The normalized spacial score (nSPS) is 10.6. The summed E-state index contributed by atoms with van der Waals surface area (Å²) < 4.78 is 37.7. The van der Waals surface area contributed by atoms with Crippen LogP contribution in [0.1, 0.15) is 19.5 Å². The fourth-order valence-corrected chi connectivity index (χ4v) is 2.02. The van der Waals surface area contributed by atoms with Crippen molar-refractivity contribution in [3.05, 3.63) is 46.8 Å². The van der Waals surface area contributed by atoms with Crippen molar-refractivity contribution in [3.8, 4) is 11.3 Å². The minimum Gasteiger partial charge on any atom is -0.235 e. The first-order valence-electron chi connectivity index (χ1n) is 5.63. The van der Waals surface area contributed by atoms with E-state index < -0.39 is 11.9 Å². The van der Waals surface area contributed by atoms with E-state index in [0.717, 1.165) is 6.33 Å². The molecule has 0 saturated carbocycles. The number of benzene rings is 1. The van der Waals surface area contributed by atoms with Crippen LogP contribution < -0.4 is 0 Å². The number of nitrogens with zero attached hydrogens (tertiary/aromatic N) is 2. The minimum atomic E-state index is -4.49. The van der Waals surface area contributed by atoms with E-state index in [1.54, 1.807) is 30.3 Å². The van der Waals surface area contributed by atoms with Crippen LogP contribution in [0.4, 0.5) is 13.2 Å². The van der Waals surface area contributed by atoms with Gasteiger partial charge in [-0.15, -0.1) is 0 Å². The number of aromatic nitrogens is 2. The first-order chi connectivity index (χ1) is 9.00. The molecule has 6 heteroatoms. The fraction of sp³-hybridized carbons (Fsp3) is 0.231. The first kappa shape index (κ1) is 15.6. The molecule has 0 N–H and O–H groups in total. The highest BCUT2D eigenvalue weighted by atomic mass is 79.9. The van der Waals surface area contributed by atoms with E-state index in [0.29, 0.717) is 5.56 Å². The Hall–Kier alpha value is -1.43. The summed E-state index contributed by atoms with van der Waals surface area (Å²) in [6.07, 6.45) is -3.58. The Morgan fingerprint density at radius 3 is 2.11 bits per heavy atom. The molecule has 19 heavy (non-hydrogen) atoms. The highest BCUT2D eigenvalue weighted by Gasteiger charge is 2.36. The zero-order valence-corrected chi connectivity index (χ0v) is 12.0. The summed E-state index contributed by atoms with van der Waals surface area (Å²) in [7, 11) is 0. The van der Waals surface area contributed by atoms with Crippen molar-refractivity contribution in [2.75, 3.05) is 0 Å². The van der Waals surface area contributed by atoms with Crippen molar-refractivity contribution in [1.82, 2.24) is 9.97 Å². The highest BCUT2D eigenvalue weighted by Crippen LogP contribution is 2.37. The van der Waals surface area contributed by atoms with Gasteiger partial charge in [-0.3, -0.25) is 0 Å². The molecule has 1 aromatic heterocycles. The third-order valence-corrected chi connectivity index (χ3v) is 2.86. The van der Waals surface area contributed by atoms with Gasteiger partial charge in [-0.1, -0.05) is 44.2 Å². The van der Waals surface area contributed by atoms with Gasteiger partial charge < -0.3 is 0 Å². The van der Waals surface area contributed by atoms with E-state index in [1.165, 1.54) is 0 Å². The van der Waals surface area contributed by atoms with Gasteiger partial charge >= 0.3 is 6.18 Å². The second kappa shape index (κ2) is 6.65. The van der Waals surface area contributed by atoms with Crippen LogP contribution in [0.5, 0.6) is 0 Å². The van der Waals surface area contributed by atoms with Crippen LogP contribution in [-0.2, 0) is 6.18 Å². The standard InChI is InChI=1S/C11H6BrF3N2.C2H6/c12-8-9(7-4-2-1-3-5-7)16-6-17-10(8)11(13,14)15;1-2/h1-6H;1-2H3. The minimum absolute atomic E-state index is 0.140. The Balaban J connectivity index is 0.000000861. The van der Waals surface area contributed by atoms with Gasteiger partial charge in [-0.2, -0.15) is 13.2 Å². The Bertz CT molecular complexity index is 527. The van der Waals surface area contributed by atoms with Crippen molar-refractivity contribution in [3.63, 3.8) is 0 Å². The van der Waals surface area contributed by atoms with Crippen molar-refractivity contribution in [1.29, 1.82) is 0 Å². The Morgan fingerprint density at radius 1 is 1.00 bits per heavy atom. The van der Waals surface area contributed by atoms with Crippen molar-refractivity contribution < 1.29 is 13.2 Å². The maximum Gasteiger partial charge on any atom is 0.434 e. The van der Waals surface area contributed by atoms with Crippen LogP contribution in [0, 0.1) is 0 Å². The lowest BCUT2D eigenvalue weighted by atomic mass is 10.1. The molecule has 2 aromatic rings. The van der Waals surface area contributed by atoms with Crippen LogP contribution >= 0.6 is 15.9 Å². The molecule has 0 aliphatic heterocycles. The lowest BCUT2D eigenvalue weighted by Gasteiger charge is -2.10. The summed E-state index contributed by atoms with van der Waals surface area (Å²) in [5.74, 6) is 0. The monoisotopic (exact) mass is 332 g/mol. The summed E-state index contributed by atoms with van der Waals surface area (Å²) >= 11 is 2.91. The second-order valence-electron chi connectivity index (χ2n) is 3.25. The Labute approximate surface area is 117 Å². The van der Waals surface area contributed by atoms with Crippen LogP contribution in [0.25, 0.3) is 11.3 Å². The van der Waals surface area contributed by atoms with Crippen LogP contribution in [0.2, 0.25) is 0 Å². The molecule has 0 aliphatic rings. The molecule has 1 aromatic carbocycles. The molecule has 2 nitrogen and oxygen atoms in total. The molecule has 0 saturated heterocycles. The quantitative estimate of drug-likeness (QED) is 0.738. The van der Waals surface area contributed by atoms with Gasteiger partial charge in [-0.05, 0) is 15.9 Å². The predicted octanol–water partition coefficient (Wildman–Crippen LogP) is 4.95. The number of hydrogen-bond donors (Lipinski definition) is 0. The zero-order chi connectivity index (χ0) is 14.5. The molecule has 0 atom stereocenters. The SMILES string of the molecule is CC.FC(F)(F)c1ncnc(-c2ccccc2)c1Br. The number of rotatable bonds is 1. The van der Waals surface area contributed by atoms with Gasteiger partial charge in [0.2, 0.25) is 0 Å². The molecule has 0 aliphatic carbocycles. The van der Waals surface area contributed by atoms with E-state index in [1.807, 2.05) is 13.8 Å². The molecule has 0 radical (unpaired) electrons. The largest absolute Gasteiger partial charge is 0.434 e. The van der Waals surface area contributed by atoms with Crippen molar-refractivity contribution >= 4 is 15.9 Å². The van der Waals surface area contributed by atoms with Crippen molar-refractivity contribution in [2.45, 2.75) is 20.0 Å². The summed E-state index contributed by atoms with van der Waals surface area (Å²) in [4.78, 5) is 7.12. The second-order valence-corrected chi connectivity index (χ2v) is 4.04. The van der Waals surface area contributed by atoms with Gasteiger partial charge in [0, 0.05) is 5.56 Å². The molecule has 1 heterocycles. The number of hydrogen-bond acceptors (Lipinski definition) is 2. The topological polar surface area (TPSA) is 25.8 Å². The molecule has 0 bridgehead atoms. The van der Waals surface area contributed by atoms with E-state index in [-0.39, 0.29) is 10.2 Å². The van der Waals surface area contributed by atoms with Gasteiger partial charge in [0.05, 0.1) is 10.2 Å². The van der Waals surface area contributed by atoms with Gasteiger partial charge in [0.25, 0.3) is 0 Å². The summed E-state index contributed by atoms with van der Waals surface area (Å²) in [5.41, 5.74) is -0.133. The lowest BCUT2D eigenvalue weighted by Crippen LogP contribution is -2.10. The molecule has 0 fully saturated rings. The van der Waals surface area contributed by atoms with Crippen LogP contribution in [0.15, 0.2) is 41.1 Å². The number of alkyl halides is 3. The van der Waals surface area contributed by atoms with Crippen LogP contribution in [0.3, 0.4) is 0 Å². The zero-order valence-electron chi connectivity index (χ0n) is 10.4. The average Bonchev–Trinajstić information content (AvgIpc) is 2.41. The van der Waals surface area contributed by atoms with E-state index in [2.05, 4.69) is 25.9 Å². The Kier molecular flexibility index (Phi) is 5.47. The summed E-state index contributed by atoms with van der Waals surface area (Å²) in [6, 6.07) is 8.62. The Morgan fingerprint density at radius 2 is 1.58 bits per heavy atom. The predicted molar refractivity (Wildman–Crippen MR) is 71.5 cm³/mol. The lowest BCUT2D eigenvalue weighted by molar-refractivity contribution is -0.141. The van der Waals surface area contributed by atoms with Gasteiger partial charge in [-0.25, -0.2) is 9.97 Å². The maximum atomic E-state index is 12.6. The smallest absolute Gasteiger partial charge is 0.235 e. The average molecular weight is 333 g/mol. The molecule has 0 spiro atoms. The highest BCUT2D eigenvalue weighted by molar-refractivity contribution is 9.10. The van der Waals surface area contributed by atoms with Crippen LogP contribution in [-0.4, -0.2) is 9.97 Å². The molecule has 0 amide bonds. The number of halogens is 4. The third-order valence-electron chi connectivity index (χ3n) is 2.11. The molecule has 2 rings (SSSR count). The van der Waals surface area contributed by atoms with E-state index >= 15 is 0 Å². The fourth-order valence-electron chi connectivity index (χ4n) is 1.36. The molecule has 0 unspecified atom stereocenters. The maximum absolute atomic E-state index is 12.6. The first-order valence-corrected chi connectivity index (χ1v) is 6.42. The molecular formula is C13H12BrF3N2. The van der Waals surface area contributed by atoms with Gasteiger partial charge in [0.15, 0.2) is 5.69 Å². The summed E-state index contributed by atoms with van der Waals surface area (Å²) in [5, 5.41) is 0. The molecule has 102 valence electrons. The molecular weight excluding hydrogens is 321 g/mol. The summed E-state index contributed by atoms with van der Waals surface area (Å²) in [6.45, 7) is 4.00. The van der Waals surface area contributed by atoms with Gasteiger partial charge in [0.1, 0.15) is 6.33 Å². The van der Waals surface area contributed by atoms with E-state index in [4.69, 9.17) is 0 Å². The van der Waals surface area contributed by atoms with Crippen molar-refractivity contribution in [2.24, 2.45) is 0 Å². The third kappa shape index (κ3) is 3.76. The van der Waals surface area contributed by atoms with E-state index in [9.17, 15) is 13.2 Å².